The molecule has 0 atom stereocenters. The first-order valence-corrected chi connectivity index (χ1v) is 40.9. The van der Waals surface area contributed by atoms with Gasteiger partial charge in [0.05, 0.1) is 5.69 Å². The van der Waals surface area contributed by atoms with Crippen molar-refractivity contribution < 1.29 is 0 Å². The van der Waals surface area contributed by atoms with E-state index in [1.165, 1.54) is 174 Å². The van der Waals surface area contributed by atoms with Gasteiger partial charge >= 0.3 is 0 Å². The van der Waals surface area contributed by atoms with Gasteiger partial charge in [-0.25, -0.2) is 0 Å². The predicted molar refractivity (Wildman–Crippen MR) is 474 cm³/mol. The largest absolute Gasteiger partial charge is 0.264 e. The van der Waals surface area contributed by atoms with E-state index in [0.29, 0.717) is 0 Å². The standard InChI is InChI=1S/C13H16.C13H14.C12H15N.C12H13N.C12H15N.C12H13N.12C2H6/c2*1-3-11-7-5-9-12-8-4-6-10(2)13(11)12;2*1-3-10-5-4-6-11-8-13-7-9(2)12(10)11;2*1-3-10-5-4-6-11-12(10)9(2)7-8-13-11;12*1-2/h3-4,6,8H,5,7,9H2,1-2H3;3-8H,9H2,1-2H3;3,7-8H,4-6H2,1-2H3;3-5,7-8H,6H2,1-2H3;3,7-8H,4-6H2,1-2H3;3-5,7-8H,6H2,1-2H3;12*1-2H3/b2*11-3-;4*10-3-;;;;;;;;;;;;. The van der Waals surface area contributed by atoms with Crippen LogP contribution >= 0.6 is 0 Å². The van der Waals surface area contributed by atoms with Crippen LogP contribution in [0.3, 0.4) is 0 Å². The fourth-order valence-corrected chi connectivity index (χ4v) is 12.1. The third-order valence-electron chi connectivity index (χ3n) is 16.0. The van der Waals surface area contributed by atoms with Gasteiger partial charge in [0.1, 0.15) is 0 Å². The molecule has 0 spiro atoms. The number of fused-ring (bicyclic) bond motifs is 6. The molecule has 4 heterocycles. The van der Waals surface area contributed by atoms with Crippen LogP contribution < -0.4 is 0 Å². The Morgan fingerprint density at radius 1 is 0.265 bits per heavy atom. The lowest BCUT2D eigenvalue weighted by molar-refractivity contribution is 0.789. The molecule has 0 saturated carbocycles. The predicted octanol–water partition coefficient (Wildman–Crippen LogP) is 31.6. The molecule has 0 amide bonds. The summed E-state index contributed by atoms with van der Waals surface area (Å²) in [6.45, 7) is 73.6. The van der Waals surface area contributed by atoms with E-state index in [-0.39, 0.29) is 0 Å². The lowest BCUT2D eigenvalue weighted by Crippen LogP contribution is -2.05. The summed E-state index contributed by atoms with van der Waals surface area (Å²) >= 11 is 0. The normalized spacial score (nSPS) is 14.6. The molecule has 6 aromatic rings. The molecule has 0 saturated heterocycles. The highest BCUT2D eigenvalue weighted by Gasteiger charge is 2.19. The zero-order valence-electron chi connectivity index (χ0n) is 73.3. The molecule has 0 aliphatic heterocycles. The minimum absolute atomic E-state index is 0.967. The highest BCUT2D eigenvalue weighted by molar-refractivity contribution is 5.81. The quantitative estimate of drug-likeness (QED) is 0.152. The van der Waals surface area contributed by atoms with E-state index in [2.05, 4.69) is 224 Å². The number of nitrogens with zero attached hydrogens (tertiary/aromatic N) is 4. The molecule has 6 aliphatic rings. The molecule has 2 aromatic carbocycles. The van der Waals surface area contributed by atoms with Crippen LogP contribution in [-0.2, 0) is 38.5 Å². The Kier molecular flexibility index (Phi) is 73.3. The first-order chi connectivity index (χ1) is 50.0. The zero-order chi connectivity index (χ0) is 79.6. The van der Waals surface area contributed by atoms with Gasteiger partial charge in [-0.15, -0.1) is 0 Å². The van der Waals surface area contributed by atoms with Crippen molar-refractivity contribution in [1.82, 2.24) is 19.9 Å². The van der Waals surface area contributed by atoms with Crippen LogP contribution in [0.1, 0.15) is 347 Å². The van der Waals surface area contributed by atoms with Crippen molar-refractivity contribution >= 4 is 33.4 Å². The lowest BCUT2D eigenvalue weighted by Gasteiger charge is -2.20. The fourth-order valence-electron chi connectivity index (χ4n) is 12.1. The number of benzene rings is 2. The van der Waals surface area contributed by atoms with E-state index in [1.54, 1.807) is 11.1 Å². The average molecular weight is 1390 g/mol. The molecule has 4 nitrogen and oxygen atoms in total. The number of allylic oxidation sites excluding steroid dienone is 18. The Morgan fingerprint density at radius 2 is 0.588 bits per heavy atom. The van der Waals surface area contributed by atoms with Crippen LogP contribution in [0.15, 0.2) is 159 Å². The average Bonchev–Trinajstić information content (AvgIpc) is 0.872. The fraction of sp³-hybridized carbons (Fsp3) is 0.490. The monoisotopic (exact) mass is 1390 g/mol. The van der Waals surface area contributed by atoms with Crippen LogP contribution in [0.5, 0.6) is 0 Å². The highest BCUT2D eigenvalue weighted by Crippen LogP contribution is 2.36. The van der Waals surface area contributed by atoms with Crippen LogP contribution in [0.25, 0.3) is 33.4 Å². The second kappa shape index (κ2) is 70.7. The van der Waals surface area contributed by atoms with Gasteiger partial charge in [0.25, 0.3) is 0 Å². The molecule has 0 radical (unpaired) electrons. The smallest absolute Gasteiger partial charge is 0.0522 e. The maximum Gasteiger partial charge on any atom is 0.0522 e. The van der Waals surface area contributed by atoms with E-state index in [0.717, 1.165) is 25.7 Å². The molecule has 102 heavy (non-hydrogen) atoms. The number of aryl methyl sites for hydroxylation is 9. The summed E-state index contributed by atoms with van der Waals surface area (Å²) in [6, 6.07) is 17.4. The number of hydrogen-bond donors (Lipinski definition) is 0. The van der Waals surface area contributed by atoms with Crippen LogP contribution in [0.2, 0.25) is 0 Å². The van der Waals surface area contributed by atoms with Gasteiger partial charge in [0, 0.05) is 60.4 Å². The molecular weight excluding hydrogens is 1230 g/mol. The molecular formula is C98H158N4. The molecule has 6 aliphatic carbocycles. The Balaban J connectivity index is -0.000000255. The molecule has 0 fully saturated rings. The van der Waals surface area contributed by atoms with E-state index >= 15 is 0 Å². The SMILES string of the molecule is C/C=C1/C=CCc2cccc(C)c21.C/C=C1/C=CCc2cncc(C)c21.C/C=C1/C=CCc2nccc(C)c21.C/C=C1/CCCc2cccc(C)c21.C/C=C1/CCCc2cncc(C)c21.C/C=C1/CCCc2nccc(C)c21.CC.CC.CC.CC.CC.CC.CC.CC.CC.CC.CC.CC. The zero-order valence-corrected chi connectivity index (χ0v) is 73.3. The summed E-state index contributed by atoms with van der Waals surface area (Å²) in [5, 5.41) is 0. The molecule has 0 unspecified atom stereocenters. The van der Waals surface area contributed by atoms with Crippen LogP contribution in [-0.4, -0.2) is 19.9 Å². The Morgan fingerprint density at radius 3 is 1.04 bits per heavy atom. The first kappa shape index (κ1) is 106. The third kappa shape index (κ3) is 35.3. The minimum Gasteiger partial charge on any atom is -0.264 e. The van der Waals surface area contributed by atoms with Gasteiger partial charge in [-0.2, -0.15) is 0 Å². The van der Waals surface area contributed by atoms with Gasteiger partial charge in [-0.3, -0.25) is 19.9 Å². The topological polar surface area (TPSA) is 51.6 Å². The van der Waals surface area contributed by atoms with Crippen molar-refractivity contribution in [2.24, 2.45) is 0 Å². The Hall–Kier alpha value is -7.30. The second-order valence-corrected chi connectivity index (χ2v) is 21.2. The maximum atomic E-state index is 4.44. The summed E-state index contributed by atoms with van der Waals surface area (Å²) in [5.74, 6) is 0. The molecule has 0 N–H and O–H groups in total. The van der Waals surface area contributed by atoms with Gasteiger partial charge in [-0.05, 0) is 277 Å². The Bertz CT molecular complexity index is 3000. The van der Waals surface area contributed by atoms with Crippen molar-refractivity contribution in [2.75, 3.05) is 0 Å². The summed E-state index contributed by atoms with van der Waals surface area (Å²) < 4.78 is 0. The summed E-state index contributed by atoms with van der Waals surface area (Å²) in [7, 11) is 0. The lowest BCUT2D eigenvalue weighted by atomic mass is 9.85. The number of rotatable bonds is 0. The van der Waals surface area contributed by atoms with E-state index in [9.17, 15) is 0 Å². The number of pyridine rings is 4. The molecule has 570 valence electrons. The number of hydrogen-bond acceptors (Lipinski definition) is 4. The van der Waals surface area contributed by atoms with Crippen molar-refractivity contribution in [3.63, 3.8) is 0 Å². The van der Waals surface area contributed by atoms with E-state index < -0.39 is 0 Å². The maximum absolute atomic E-state index is 4.44. The van der Waals surface area contributed by atoms with Crippen molar-refractivity contribution in [1.29, 1.82) is 0 Å². The molecule has 4 aromatic heterocycles. The summed E-state index contributed by atoms with van der Waals surface area (Å²) in [4.78, 5) is 17.3. The summed E-state index contributed by atoms with van der Waals surface area (Å²) in [6.07, 6.45) is 52.3. The highest BCUT2D eigenvalue weighted by atomic mass is 14.7. The van der Waals surface area contributed by atoms with Crippen molar-refractivity contribution in [3.8, 4) is 0 Å². The number of aromatic nitrogens is 4. The second-order valence-electron chi connectivity index (χ2n) is 21.2. The Labute approximate surface area is 635 Å². The van der Waals surface area contributed by atoms with Gasteiger partial charge < -0.3 is 0 Å². The molecule has 12 rings (SSSR count). The minimum atomic E-state index is 0.967. The van der Waals surface area contributed by atoms with Gasteiger partial charge in [0.2, 0.25) is 0 Å². The van der Waals surface area contributed by atoms with Crippen molar-refractivity contribution in [2.45, 2.75) is 326 Å². The summed E-state index contributed by atoms with van der Waals surface area (Å²) in [5.41, 5.74) is 33.4. The van der Waals surface area contributed by atoms with Gasteiger partial charge in [0.15, 0.2) is 0 Å². The molecule has 0 bridgehead atoms. The van der Waals surface area contributed by atoms with Crippen LogP contribution in [0, 0.1) is 41.5 Å². The van der Waals surface area contributed by atoms with Crippen molar-refractivity contribution in [3.05, 3.63) is 259 Å². The first-order valence-electron chi connectivity index (χ1n) is 40.9. The molecule has 4 heteroatoms. The third-order valence-corrected chi connectivity index (χ3v) is 16.0. The van der Waals surface area contributed by atoms with Gasteiger partial charge in [-0.1, -0.05) is 275 Å². The van der Waals surface area contributed by atoms with E-state index in [1.807, 2.05) is 203 Å². The van der Waals surface area contributed by atoms with E-state index in [4.69, 9.17) is 0 Å². The van der Waals surface area contributed by atoms with Crippen LogP contribution in [0.4, 0.5) is 0 Å².